The van der Waals surface area contributed by atoms with E-state index in [0.29, 0.717) is 6.54 Å². The molecular weight excluding hydrogens is 270 g/mol. The first kappa shape index (κ1) is 12.6. The molecule has 4 nitrogen and oxygen atoms in total. The largest absolute Gasteiger partial charge is 0.332 e. The van der Waals surface area contributed by atoms with Crippen molar-refractivity contribution in [2.45, 2.75) is 6.54 Å². The van der Waals surface area contributed by atoms with Crippen molar-refractivity contribution in [3.63, 3.8) is 0 Å². The van der Waals surface area contributed by atoms with E-state index in [2.05, 4.69) is 15.6 Å². The van der Waals surface area contributed by atoms with Gasteiger partial charge in [-0.25, -0.2) is 4.79 Å². The standard InChI is InChI=1S/C15H13N3OS/c19-15(17-10-12-5-1-2-8-16-12)18-13-6-3-4-11-7-9-20-14(11)13/h1-9H,10H2,(H2,17,18,19). The average molecular weight is 283 g/mol. The molecule has 3 rings (SSSR count). The zero-order chi connectivity index (χ0) is 13.8. The molecule has 2 amide bonds. The lowest BCUT2D eigenvalue weighted by atomic mass is 10.2. The second-order valence-electron chi connectivity index (χ2n) is 4.27. The number of hydrogen-bond acceptors (Lipinski definition) is 3. The maximum atomic E-state index is 11.9. The van der Waals surface area contributed by atoms with Crippen LogP contribution in [-0.4, -0.2) is 11.0 Å². The van der Waals surface area contributed by atoms with E-state index in [0.717, 1.165) is 21.5 Å². The van der Waals surface area contributed by atoms with Crippen LogP contribution in [0, 0.1) is 0 Å². The van der Waals surface area contributed by atoms with Gasteiger partial charge in [0, 0.05) is 6.20 Å². The van der Waals surface area contributed by atoms with Crippen molar-refractivity contribution in [1.29, 1.82) is 0 Å². The summed E-state index contributed by atoms with van der Waals surface area (Å²) in [6.45, 7) is 0.410. The highest BCUT2D eigenvalue weighted by Crippen LogP contribution is 2.28. The third-order valence-corrected chi connectivity index (χ3v) is 3.85. The number of hydrogen-bond donors (Lipinski definition) is 2. The zero-order valence-corrected chi connectivity index (χ0v) is 11.5. The maximum Gasteiger partial charge on any atom is 0.319 e. The van der Waals surface area contributed by atoms with Crippen molar-refractivity contribution in [1.82, 2.24) is 10.3 Å². The van der Waals surface area contributed by atoms with E-state index < -0.39 is 0 Å². The van der Waals surface area contributed by atoms with E-state index in [4.69, 9.17) is 0 Å². The van der Waals surface area contributed by atoms with Crippen LogP contribution in [0.5, 0.6) is 0 Å². The number of rotatable bonds is 3. The van der Waals surface area contributed by atoms with Crippen LogP contribution in [0.4, 0.5) is 10.5 Å². The average Bonchev–Trinajstić information content (AvgIpc) is 2.96. The van der Waals surface area contributed by atoms with Crippen LogP contribution < -0.4 is 10.6 Å². The molecule has 0 radical (unpaired) electrons. The van der Waals surface area contributed by atoms with Crippen LogP contribution in [0.25, 0.3) is 10.1 Å². The maximum absolute atomic E-state index is 11.9. The third kappa shape index (κ3) is 2.78. The smallest absolute Gasteiger partial charge is 0.319 e. The number of thiophene rings is 1. The fourth-order valence-corrected chi connectivity index (χ4v) is 2.80. The highest BCUT2D eigenvalue weighted by Gasteiger charge is 2.06. The molecular formula is C15H13N3OS. The van der Waals surface area contributed by atoms with E-state index in [1.54, 1.807) is 17.5 Å². The van der Waals surface area contributed by atoms with Crippen molar-refractivity contribution >= 4 is 33.1 Å². The fourth-order valence-electron chi connectivity index (χ4n) is 1.93. The molecule has 0 unspecified atom stereocenters. The molecule has 0 aliphatic rings. The number of anilines is 1. The molecule has 0 spiro atoms. The molecule has 0 saturated carbocycles. The Balaban J connectivity index is 1.66. The number of fused-ring (bicyclic) bond motifs is 1. The fraction of sp³-hybridized carbons (Fsp3) is 0.0667. The van der Waals surface area contributed by atoms with Crippen LogP contribution in [0.3, 0.4) is 0 Å². The molecule has 20 heavy (non-hydrogen) atoms. The monoisotopic (exact) mass is 283 g/mol. The number of nitrogens with one attached hydrogen (secondary N) is 2. The van der Waals surface area contributed by atoms with Gasteiger partial charge in [0.15, 0.2) is 0 Å². The summed E-state index contributed by atoms with van der Waals surface area (Å²) >= 11 is 1.62. The SMILES string of the molecule is O=C(NCc1ccccn1)Nc1cccc2ccsc12. The van der Waals surface area contributed by atoms with Gasteiger partial charge in [-0.2, -0.15) is 0 Å². The number of pyridine rings is 1. The van der Waals surface area contributed by atoms with E-state index in [1.165, 1.54) is 0 Å². The van der Waals surface area contributed by atoms with Gasteiger partial charge in [-0.15, -0.1) is 11.3 Å². The first-order valence-corrected chi connectivity index (χ1v) is 7.12. The van der Waals surface area contributed by atoms with Gasteiger partial charge < -0.3 is 10.6 Å². The Hall–Kier alpha value is -2.40. The molecule has 3 aromatic rings. The normalized spacial score (nSPS) is 10.4. The minimum atomic E-state index is -0.225. The van der Waals surface area contributed by atoms with E-state index in [-0.39, 0.29) is 6.03 Å². The number of benzene rings is 1. The van der Waals surface area contributed by atoms with Gasteiger partial charge in [-0.1, -0.05) is 18.2 Å². The molecule has 0 atom stereocenters. The van der Waals surface area contributed by atoms with Crippen molar-refractivity contribution in [2.75, 3.05) is 5.32 Å². The van der Waals surface area contributed by atoms with Crippen LogP contribution in [-0.2, 0) is 6.54 Å². The number of carbonyl (C=O) groups is 1. The molecule has 2 aromatic heterocycles. The molecule has 0 aliphatic carbocycles. The quantitative estimate of drug-likeness (QED) is 0.771. The minimum absolute atomic E-state index is 0.225. The molecule has 1 aromatic carbocycles. The first-order chi connectivity index (χ1) is 9.83. The molecule has 0 bridgehead atoms. The Kier molecular flexibility index (Phi) is 3.60. The van der Waals surface area contributed by atoms with Crippen LogP contribution in [0.15, 0.2) is 54.0 Å². The van der Waals surface area contributed by atoms with Gasteiger partial charge in [0.2, 0.25) is 0 Å². The summed E-state index contributed by atoms with van der Waals surface area (Å²) in [5, 5.41) is 8.82. The predicted molar refractivity (Wildman–Crippen MR) is 81.9 cm³/mol. The molecule has 0 aliphatic heterocycles. The summed E-state index contributed by atoms with van der Waals surface area (Å²) in [5.74, 6) is 0. The topological polar surface area (TPSA) is 54.0 Å². The van der Waals surface area contributed by atoms with Crippen molar-refractivity contribution in [2.24, 2.45) is 0 Å². The summed E-state index contributed by atoms with van der Waals surface area (Å²) in [6, 6.07) is 13.3. The Morgan fingerprint density at radius 2 is 2.10 bits per heavy atom. The van der Waals surface area contributed by atoms with Crippen molar-refractivity contribution in [3.05, 3.63) is 59.7 Å². The molecule has 0 saturated heterocycles. The van der Waals surface area contributed by atoms with Gasteiger partial charge >= 0.3 is 6.03 Å². The van der Waals surface area contributed by atoms with E-state index in [1.807, 2.05) is 47.8 Å². The third-order valence-electron chi connectivity index (χ3n) is 2.88. The molecule has 2 N–H and O–H groups in total. The number of carbonyl (C=O) groups excluding carboxylic acids is 1. The molecule has 0 fully saturated rings. The van der Waals surface area contributed by atoms with Gasteiger partial charge in [-0.3, -0.25) is 4.98 Å². The van der Waals surface area contributed by atoms with Gasteiger partial charge in [0.25, 0.3) is 0 Å². The number of urea groups is 1. The molecule has 5 heteroatoms. The second-order valence-corrected chi connectivity index (χ2v) is 5.19. The number of amides is 2. The van der Waals surface area contributed by atoms with Crippen LogP contribution in [0.2, 0.25) is 0 Å². The summed E-state index contributed by atoms with van der Waals surface area (Å²) in [4.78, 5) is 16.1. The summed E-state index contributed by atoms with van der Waals surface area (Å²) in [6.07, 6.45) is 1.71. The zero-order valence-electron chi connectivity index (χ0n) is 10.7. The highest BCUT2D eigenvalue weighted by molar-refractivity contribution is 7.17. The molecule has 2 heterocycles. The lowest BCUT2D eigenvalue weighted by molar-refractivity contribution is 0.251. The number of nitrogens with zero attached hydrogens (tertiary/aromatic N) is 1. The van der Waals surface area contributed by atoms with Gasteiger partial charge in [0.1, 0.15) is 0 Å². The van der Waals surface area contributed by atoms with Gasteiger partial charge in [0.05, 0.1) is 22.6 Å². The Bertz CT molecular complexity index is 724. The van der Waals surface area contributed by atoms with Gasteiger partial charge in [-0.05, 0) is 35.0 Å². The second kappa shape index (κ2) is 5.71. The Labute approximate surface area is 120 Å². The summed E-state index contributed by atoms with van der Waals surface area (Å²) in [5.41, 5.74) is 1.66. The lowest BCUT2D eigenvalue weighted by Gasteiger charge is -2.08. The van der Waals surface area contributed by atoms with E-state index in [9.17, 15) is 4.79 Å². The Morgan fingerprint density at radius 1 is 1.15 bits per heavy atom. The minimum Gasteiger partial charge on any atom is -0.332 e. The summed E-state index contributed by atoms with van der Waals surface area (Å²) < 4.78 is 1.08. The Morgan fingerprint density at radius 3 is 2.95 bits per heavy atom. The van der Waals surface area contributed by atoms with Crippen LogP contribution >= 0.6 is 11.3 Å². The van der Waals surface area contributed by atoms with Crippen molar-refractivity contribution < 1.29 is 4.79 Å². The summed E-state index contributed by atoms with van der Waals surface area (Å²) in [7, 11) is 0. The lowest BCUT2D eigenvalue weighted by Crippen LogP contribution is -2.28. The predicted octanol–water partition coefficient (Wildman–Crippen LogP) is 3.62. The van der Waals surface area contributed by atoms with E-state index >= 15 is 0 Å². The first-order valence-electron chi connectivity index (χ1n) is 6.24. The molecule has 100 valence electrons. The highest BCUT2D eigenvalue weighted by atomic mass is 32.1. The van der Waals surface area contributed by atoms with Crippen LogP contribution in [0.1, 0.15) is 5.69 Å². The van der Waals surface area contributed by atoms with Crippen molar-refractivity contribution in [3.8, 4) is 0 Å². The number of aromatic nitrogens is 1.